The molecule has 0 unspecified atom stereocenters. The average Bonchev–Trinajstić information content (AvgIpc) is 1.96. The van der Waals surface area contributed by atoms with Crippen molar-refractivity contribution in [3.63, 3.8) is 0 Å². The number of nitrogen functional groups attached to an aromatic ring is 1. The molecule has 0 aromatic heterocycles. The van der Waals surface area contributed by atoms with Gasteiger partial charge in [0.05, 0.1) is 5.69 Å². The molecule has 0 fully saturated rings. The van der Waals surface area contributed by atoms with E-state index in [1.54, 1.807) is 13.0 Å². The van der Waals surface area contributed by atoms with E-state index in [-0.39, 0.29) is 5.69 Å². The van der Waals surface area contributed by atoms with Gasteiger partial charge in [-0.3, -0.25) is 0 Å². The molecule has 0 aliphatic rings. The summed E-state index contributed by atoms with van der Waals surface area (Å²) in [5, 5.41) is 2.74. The number of anilines is 1. The molecule has 54 valence electrons. The molecule has 0 amide bonds. The first-order valence-corrected chi connectivity index (χ1v) is 3.14. The SMILES string of the molecule is [B]c1cc(C)c(N)c(N=O)c1. The molecule has 0 aliphatic carbocycles. The summed E-state index contributed by atoms with van der Waals surface area (Å²) < 4.78 is 0. The molecule has 0 heterocycles. The molecule has 1 aromatic rings. The Morgan fingerprint density at radius 1 is 1.55 bits per heavy atom. The van der Waals surface area contributed by atoms with Crippen LogP contribution in [0.15, 0.2) is 17.3 Å². The van der Waals surface area contributed by atoms with Gasteiger partial charge in [-0.05, 0) is 23.7 Å². The van der Waals surface area contributed by atoms with Gasteiger partial charge in [0.1, 0.15) is 13.5 Å². The molecule has 0 atom stereocenters. The van der Waals surface area contributed by atoms with Crippen molar-refractivity contribution in [3.8, 4) is 0 Å². The molecule has 0 saturated carbocycles. The Hall–Kier alpha value is -1.32. The third kappa shape index (κ3) is 1.39. The fraction of sp³-hybridized carbons (Fsp3) is 0.143. The summed E-state index contributed by atoms with van der Waals surface area (Å²) in [6.45, 7) is 1.78. The van der Waals surface area contributed by atoms with E-state index < -0.39 is 0 Å². The number of hydrogen-bond donors (Lipinski definition) is 1. The first kappa shape index (κ1) is 7.79. The van der Waals surface area contributed by atoms with Crippen molar-refractivity contribution in [2.75, 3.05) is 5.73 Å². The minimum Gasteiger partial charge on any atom is -0.397 e. The Bertz CT molecular complexity index is 299. The lowest BCUT2D eigenvalue weighted by Crippen LogP contribution is -2.04. The number of nitrogens with zero attached hydrogens (tertiary/aromatic N) is 1. The highest BCUT2D eigenvalue weighted by Gasteiger charge is 2.01. The van der Waals surface area contributed by atoms with Crippen molar-refractivity contribution >= 4 is 24.7 Å². The van der Waals surface area contributed by atoms with Crippen molar-refractivity contribution in [1.29, 1.82) is 0 Å². The highest BCUT2D eigenvalue weighted by molar-refractivity contribution is 6.32. The molecular weight excluding hydrogens is 139 g/mol. The molecule has 3 nitrogen and oxygen atoms in total. The largest absolute Gasteiger partial charge is 0.397 e. The second-order valence-electron chi connectivity index (χ2n) is 2.36. The average molecular weight is 146 g/mol. The third-order valence-electron chi connectivity index (χ3n) is 1.49. The summed E-state index contributed by atoms with van der Waals surface area (Å²) in [6.07, 6.45) is 0. The highest BCUT2D eigenvalue weighted by Crippen LogP contribution is 2.22. The Labute approximate surface area is 66.0 Å². The van der Waals surface area contributed by atoms with Crippen LogP contribution in [0.3, 0.4) is 0 Å². The zero-order valence-electron chi connectivity index (χ0n) is 6.16. The van der Waals surface area contributed by atoms with Crippen LogP contribution in [0.25, 0.3) is 0 Å². The minimum atomic E-state index is 0.211. The van der Waals surface area contributed by atoms with Crippen molar-refractivity contribution in [1.82, 2.24) is 0 Å². The first-order valence-electron chi connectivity index (χ1n) is 3.14. The maximum Gasteiger partial charge on any atom is 0.130 e. The van der Waals surface area contributed by atoms with Gasteiger partial charge in [0.15, 0.2) is 0 Å². The van der Waals surface area contributed by atoms with Crippen LogP contribution >= 0.6 is 0 Å². The molecule has 11 heavy (non-hydrogen) atoms. The van der Waals surface area contributed by atoms with E-state index in [2.05, 4.69) is 5.18 Å². The van der Waals surface area contributed by atoms with E-state index in [4.69, 9.17) is 13.6 Å². The smallest absolute Gasteiger partial charge is 0.130 e. The van der Waals surface area contributed by atoms with Crippen LogP contribution in [-0.4, -0.2) is 7.85 Å². The summed E-state index contributed by atoms with van der Waals surface area (Å²) in [6, 6.07) is 3.15. The second kappa shape index (κ2) is 2.74. The monoisotopic (exact) mass is 146 g/mol. The summed E-state index contributed by atoms with van der Waals surface area (Å²) >= 11 is 0. The topological polar surface area (TPSA) is 55.4 Å². The summed E-state index contributed by atoms with van der Waals surface area (Å²) in [5.74, 6) is 0. The van der Waals surface area contributed by atoms with Gasteiger partial charge < -0.3 is 5.73 Å². The van der Waals surface area contributed by atoms with Crippen LogP contribution in [0, 0.1) is 11.8 Å². The van der Waals surface area contributed by atoms with E-state index in [9.17, 15) is 4.91 Å². The zero-order valence-corrected chi connectivity index (χ0v) is 6.16. The first-order chi connectivity index (χ1) is 5.15. The van der Waals surface area contributed by atoms with Gasteiger partial charge in [0.2, 0.25) is 0 Å². The molecule has 0 bridgehead atoms. The fourth-order valence-corrected chi connectivity index (χ4v) is 0.883. The molecule has 1 aromatic carbocycles. The maximum atomic E-state index is 10.1. The standard InChI is InChI=1S/C7H7BN2O/c1-4-2-5(8)3-6(10-11)7(4)9/h2-3H,9H2,1H3. The highest BCUT2D eigenvalue weighted by atomic mass is 16.3. The molecule has 1 rings (SSSR count). The summed E-state index contributed by atoms with van der Waals surface area (Å²) in [5.41, 5.74) is 7.40. The van der Waals surface area contributed by atoms with Gasteiger partial charge in [-0.1, -0.05) is 11.5 Å². The Balaban J connectivity index is 3.35. The predicted molar refractivity (Wildman–Crippen MR) is 46.4 cm³/mol. The van der Waals surface area contributed by atoms with Crippen LogP contribution in [0.2, 0.25) is 0 Å². The normalized spacial score (nSPS) is 9.55. The van der Waals surface area contributed by atoms with Gasteiger partial charge in [0.25, 0.3) is 0 Å². The number of aryl methyl sites for hydroxylation is 1. The quantitative estimate of drug-likeness (QED) is 0.361. The molecule has 0 aliphatic heterocycles. The molecule has 0 spiro atoms. The van der Waals surface area contributed by atoms with E-state index in [0.717, 1.165) is 5.56 Å². The Morgan fingerprint density at radius 3 is 2.73 bits per heavy atom. The molecule has 2 N–H and O–H groups in total. The van der Waals surface area contributed by atoms with E-state index in [1.807, 2.05) is 0 Å². The summed E-state index contributed by atoms with van der Waals surface area (Å²) in [4.78, 5) is 10.1. The lowest BCUT2D eigenvalue weighted by Gasteiger charge is -2.02. The molecule has 4 heteroatoms. The van der Waals surface area contributed by atoms with Crippen LogP contribution in [0.1, 0.15) is 5.56 Å². The maximum absolute atomic E-state index is 10.1. The molecular formula is C7H7BN2O. The van der Waals surface area contributed by atoms with Crippen molar-refractivity contribution in [3.05, 3.63) is 22.6 Å². The summed E-state index contributed by atoms with van der Waals surface area (Å²) in [7, 11) is 5.45. The predicted octanol–water partition coefficient (Wildman–Crippen LogP) is 0.769. The Kier molecular flexibility index (Phi) is 1.94. The number of hydrogen-bond acceptors (Lipinski definition) is 3. The molecule has 2 radical (unpaired) electrons. The minimum absolute atomic E-state index is 0.211. The van der Waals surface area contributed by atoms with Gasteiger partial charge in [-0.25, -0.2) is 0 Å². The van der Waals surface area contributed by atoms with Gasteiger partial charge >= 0.3 is 0 Å². The zero-order chi connectivity index (χ0) is 8.43. The second-order valence-corrected chi connectivity index (χ2v) is 2.36. The van der Waals surface area contributed by atoms with Crippen molar-refractivity contribution in [2.45, 2.75) is 6.92 Å². The van der Waals surface area contributed by atoms with E-state index in [0.29, 0.717) is 11.2 Å². The van der Waals surface area contributed by atoms with Crippen LogP contribution in [0.5, 0.6) is 0 Å². The lowest BCUT2D eigenvalue weighted by molar-refractivity contribution is 1.43. The van der Waals surface area contributed by atoms with Gasteiger partial charge in [0, 0.05) is 0 Å². The molecule has 0 saturated heterocycles. The lowest BCUT2D eigenvalue weighted by atomic mass is 9.93. The number of nitrogens with two attached hydrogens (primary N) is 1. The Morgan fingerprint density at radius 2 is 2.18 bits per heavy atom. The third-order valence-corrected chi connectivity index (χ3v) is 1.49. The van der Waals surface area contributed by atoms with Crippen molar-refractivity contribution < 1.29 is 0 Å². The van der Waals surface area contributed by atoms with E-state index in [1.165, 1.54) is 6.07 Å². The van der Waals surface area contributed by atoms with Crippen LogP contribution in [-0.2, 0) is 0 Å². The van der Waals surface area contributed by atoms with Crippen molar-refractivity contribution in [2.24, 2.45) is 5.18 Å². The van der Waals surface area contributed by atoms with Gasteiger partial charge in [-0.15, -0.1) is 4.91 Å². The fourth-order valence-electron chi connectivity index (χ4n) is 0.883. The number of benzene rings is 1. The van der Waals surface area contributed by atoms with Crippen LogP contribution in [0.4, 0.5) is 11.4 Å². The van der Waals surface area contributed by atoms with Gasteiger partial charge in [-0.2, -0.15) is 0 Å². The van der Waals surface area contributed by atoms with E-state index >= 15 is 0 Å². The number of rotatable bonds is 1. The number of nitroso groups, excluding NO2 is 1. The van der Waals surface area contributed by atoms with Crippen LogP contribution < -0.4 is 11.2 Å².